The number of ether oxygens (including phenoxy) is 1. The summed E-state index contributed by atoms with van der Waals surface area (Å²) in [4.78, 5) is 34.6. The van der Waals surface area contributed by atoms with Crippen molar-refractivity contribution in [3.63, 3.8) is 0 Å². The third-order valence-corrected chi connectivity index (χ3v) is 6.66. The molecule has 0 unspecified atom stereocenters. The van der Waals surface area contributed by atoms with Crippen LogP contribution in [-0.4, -0.2) is 28.5 Å². The second kappa shape index (κ2) is 9.64. The molecule has 0 bridgehead atoms. The lowest BCUT2D eigenvalue weighted by Crippen LogP contribution is -2.21. The van der Waals surface area contributed by atoms with Gasteiger partial charge in [-0.15, -0.1) is 11.3 Å². The van der Waals surface area contributed by atoms with Gasteiger partial charge in [0.05, 0.1) is 16.8 Å². The second-order valence-corrected chi connectivity index (χ2v) is 9.01. The van der Waals surface area contributed by atoms with Crippen LogP contribution in [0.15, 0.2) is 72.1 Å². The number of benzene rings is 3. The summed E-state index contributed by atoms with van der Waals surface area (Å²) < 4.78 is 5.39. The van der Waals surface area contributed by atoms with Crippen molar-refractivity contribution in [3.05, 3.63) is 88.9 Å². The highest BCUT2D eigenvalue weighted by Crippen LogP contribution is 2.28. The lowest BCUT2D eigenvalue weighted by atomic mass is 10.0. The zero-order valence-corrected chi connectivity index (χ0v) is 20.2. The third-order valence-electron chi connectivity index (χ3n) is 5.91. The van der Waals surface area contributed by atoms with E-state index in [2.05, 4.69) is 39.6 Å². The van der Waals surface area contributed by atoms with Crippen LogP contribution in [0.25, 0.3) is 32.9 Å². The average molecular weight is 482 g/mol. The molecule has 0 saturated heterocycles. The number of para-hydroxylation sites is 1. The first-order valence-electron chi connectivity index (χ1n) is 11.3. The number of nitrogens with one attached hydrogen (secondary N) is 1. The molecule has 5 rings (SSSR count). The minimum atomic E-state index is -0.540. The largest absolute Gasteiger partial charge is 0.452 e. The lowest BCUT2D eigenvalue weighted by molar-refractivity contribution is -0.119. The maximum atomic E-state index is 13.0. The predicted octanol–water partition coefficient (Wildman–Crippen LogP) is 6.18. The summed E-state index contributed by atoms with van der Waals surface area (Å²) >= 11 is 1.33. The number of nitrogens with zero attached hydrogens (tertiary/aromatic N) is 2. The molecule has 174 valence electrons. The number of hydrogen-bond acceptors (Lipinski definition) is 6. The third kappa shape index (κ3) is 4.63. The molecule has 2 heterocycles. The summed E-state index contributed by atoms with van der Waals surface area (Å²) in [6, 6.07) is 21.7. The minimum Gasteiger partial charge on any atom is -0.452 e. The Labute approximate surface area is 206 Å². The number of aromatic nitrogens is 2. The molecular formula is C28H23N3O3S. The number of amides is 1. The molecule has 5 aromatic rings. The summed E-state index contributed by atoms with van der Waals surface area (Å²) in [6.45, 7) is 3.45. The Morgan fingerprint density at radius 1 is 0.971 bits per heavy atom. The van der Waals surface area contributed by atoms with E-state index in [0.29, 0.717) is 22.5 Å². The molecule has 7 heteroatoms. The van der Waals surface area contributed by atoms with E-state index in [1.807, 2.05) is 61.7 Å². The van der Waals surface area contributed by atoms with Gasteiger partial charge in [0.1, 0.15) is 0 Å². The normalized spacial score (nSPS) is 11.0. The van der Waals surface area contributed by atoms with Crippen LogP contribution in [-0.2, 0) is 16.0 Å². The van der Waals surface area contributed by atoms with E-state index < -0.39 is 18.5 Å². The van der Waals surface area contributed by atoms with Gasteiger partial charge >= 0.3 is 5.97 Å². The van der Waals surface area contributed by atoms with Crippen LogP contribution in [0.5, 0.6) is 0 Å². The molecule has 0 saturated carbocycles. The summed E-state index contributed by atoms with van der Waals surface area (Å²) in [7, 11) is 0. The van der Waals surface area contributed by atoms with Gasteiger partial charge in [0.25, 0.3) is 5.91 Å². The molecule has 0 aliphatic rings. The van der Waals surface area contributed by atoms with E-state index >= 15 is 0 Å². The highest BCUT2D eigenvalue weighted by Gasteiger charge is 2.20. The maximum Gasteiger partial charge on any atom is 0.339 e. The Kier molecular flexibility index (Phi) is 6.25. The van der Waals surface area contributed by atoms with E-state index in [-0.39, 0.29) is 0 Å². The van der Waals surface area contributed by atoms with Crippen molar-refractivity contribution in [1.82, 2.24) is 9.97 Å². The van der Waals surface area contributed by atoms with Crippen LogP contribution in [0.4, 0.5) is 5.13 Å². The molecule has 2 aromatic heterocycles. The SMILES string of the molecule is CCc1nc2ccccc2c(C(=O)OCC(=O)Nc2nc(-c3ccc4ccccc4c3)cs2)c1C. The highest BCUT2D eigenvalue weighted by molar-refractivity contribution is 7.14. The molecule has 3 aromatic carbocycles. The summed E-state index contributed by atoms with van der Waals surface area (Å²) in [6.07, 6.45) is 0.695. The Morgan fingerprint density at radius 2 is 1.74 bits per heavy atom. The molecule has 6 nitrogen and oxygen atoms in total. The van der Waals surface area contributed by atoms with Crippen LogP contribution >= 0.6 is 11.3 Å². The molecule has 1 N–H and O–H groups in total. The van der Waals surface area contributed by atoms with Crippen LogP contribution in [0.2, 0.25) is 0 Å². The standard InChI is InChI=1S/C28H23N3O3S/c1-3-22-17(2)26(21-10-6-7-11-23(21)29-22)27(33)34-15-25(32)31-28-30-24(16-35-28)20-13-12-18-8-4-5-9-19(18)14-20/h4-14,16H,3,15H2,1-2H3,(H,30,31,32). The van der Waals surface area contributed by atoms with Crippen molar-refractivity contribution in [2.75, 3.05) is 11.9 Å². The zero-order valence-electron chi connectivity index (χ0n) is 19.4. The van der Waals surface area contributed by atoms with Crippen molar-refractivity contribution >= 4 is 50.0 Å². The van der Waals surface area contributed by atoms with Gasteiger partial charge in [-0.2, -0.15) is 0 Å². The van der Waals surface area contributed by atoms with Crippen LogP contribution in [0.3, 0.4) is 0 Å². The number of thiazole rings is 1. The molecule has 0 aliphatic carbocycles. The van der Waals surface area contributed by atoms with Gasteiger partial charge in [0, 0.05) is 22.0 Å². The molecule has 0 aliphatic heterocycles. The van der Waals surface area contributed by atoms with Gasteiger partial charge in [-0.1, -0.05) is 61.5 Å². The Hall–Kier alpha value is -4.10. The van der Waals surface area contributed by atoms with Crippen LogP contribution < -0.4 is 5.32 Å². The number of fused-ring (bicyclic) bond motifs is 2. The van der Waals surface area contributed by atoms with Crippen LogP contribution in [0.1, 0.15) is 28.5 Å². The second-order valence-electron chi connectivity index (χ2n) is 8.15. The van der Waals surface area contributed by atoms with Gasteiger partial charge in [-0.25, -0.2) is 9.78 Å². The highest BCUT2D eigenvalue weighted by atomic mass is 32.1. The molecular weight excluding hydrogens is 458 g/mol. The minimum absolute atomic E-state index is 0.402. The summed E-state index contributed by atoms with van der Waals surface area (Å²) in [5, 5.41) is 8.07. The number of carbonyl (C=O) groups excluding carboxylic acids is 2. The van der Waals surface area contributed by atoms with Gasteiger partial charge in [-0.3, -0.25) is 15.1 Å². The lowest BCUT2D eigenvalue weighted by Gasteiger charge is -2.13. The molecule has 0 fully saturated rings. The number of pyridine rings is 1. The number of esters is 1. The zero-order chi connectivity index (χ0) is 24.4. The number of carbonyl (C=O) groups is 2. The molecule has 0 radical (unpaired) electrons. The van der Waals surface area contributed by atoms with Crippen molar-refractivity contribution in [2.24, 2.45) is 0 Å². The number of aryl methyl sites for hydroxylation is 1. The van der Waals surface area contributed by atoms with Crippen molar-refractivity contribution < 1.29 is 14.3 Å². The van der Waals surface area contributed by atoms with Crippen molar-refractivity contribution in [3.8, 4) is 11.3 Å². The number of hydrogen-bond donors (Lipinski definition) is 1. The first-order chi connectivity index (χ1) is 17.0. The van der Waals surface area contributed by atoms with Gasteiger partial charge in [-0.05, 0) is 41.8 Å². The van der Waals surface area contributed by atoms with Gasteiger partial charge < -0.3 is 4.74 Å². The fourth-order valence-corrected chi connectivity index (χ4v) is 4.87. The number of rotatable bonds is 6. The van der Waals surface area contributed by atoms with E-state index in [0.717, 1.165) is 38.8 Å². The van der Waals surface area contributed by atoms with Crippen molar-refractivity contribution in [2.45, 2.75) is 20.3 Å². The summed E-state index contributed by atoms with van der Waals surface area (Å²) in [5.74, 6) is -0.980. The molecule has 0 spiro atoms. The number of anilines is 1. The monoisotopic (exact) mass is 481 g/mol. The first-order valence-corrected chi connectivity index (χ1v) is 12.2. The quantitative estimate of drug-likeness (QED) is 0.293. The summed E-state index contributed by atoms with van der Waals surface area (Å²) in [5.41, 5.74) is 4.54. The Bertz CT molecular complexity index is 1570. The van der Waals surface area contributed by atoms with E-state index in [4.69, 9.17) is 4.74 Å². The van der Waals surface area contributed by atoms with E-state index in [9.17, 15) is 9.59 Å². The smallest absolute Gasteiger partial charge is 0.339 e. The Morgan fingerprint density at radius 3 is 2.57 bits per heavy atom. The van der Waals surface area contributed by atoms with Crippen LogP contribution in [0, 0.1) is 6.92 Å². The fraction of sp³-hybridized carbons (Fsp3) is 0.143. The van der Waals surface area contributed by atoms with Crippen molar-refractivity contribution in [1.29, 1.82) is 0 Å². The van der Waals surface area contributed by atoms with E-state index in [1.165, 1.54) is 11.3 Å². The Balaban J connectivity index is 1.27. The maximum absolute atomic E-state index is 13.0. The predicted molar refractivity (Wildman–Crippen MR) is 140 cm³/mol. The topological polar surface area (TPSA) is 81.2 Å². The molecule has 35 heavy (non-hydrogen) atoms. The average Bonchev–Trinajstić information content (AvgIpc) is 3.35. The molecule has 1 amide bonds. The van der Waals surface area contributed by atoms with Gasteiger partial charge in [0.2, 0.25) is 0 Å². The molecule has 0 atom stereocenters. The first kappa shape index (κ1) is 22.7. The fourth-order valence-electron chi connectivity index (χ4n) is 4.14. The van der Waals surface area contributed by atoms with E-state index in [1.54, 1.807) is 0 Å². The van der Waals surface area contributed by atoms with Gasteiger partial charge in [0.15, 0.2) is 11.7 Å².